The predicted octanol–water partition coefficient (Wildman–Crippen LogP) is 8.07. The van der Waals surface area contributed by atoms with Crippen LogP contribution in [0.2, 0.25) is 0 Å². The molecule has 0 unspecified atom stereocenters. The molecule has 200 valence electrons. The zero-order valence-electron chi connectivity index (χ0n) is 22.7. The van der Waals surface area contributed by atoms with E-state index in [1.54, 1.807) is 24.5 Å². The minimum atomic E-state index is -0.312. The number of hydrogen-bond donors (Lipinski definition) is 0. The summed E-state index contributed by atoms with van der Waals surface area (Å²) in [6, 6.07) is 9.81. The van der Waals surface area contributed by atoms with Gasteiger partial charge in [-0.1, -0.05) is 77.3 Å². The summed E-state index contributed by atoms with van der Waals surface area (Å²) in [6.07, 6.45) is 18.1. The molecule has 2 aromatic rings. The summed E-state index contributed by atoms with van der Waals surface area (Å²) < 4.78 is 11.5. The molecule has 6 nitrogen and oxygen atoms in total. The van der Waals surface area contributed by atoms with Gasteiger partial charge in [-0.15, -0.1) is 0 Å². The third-order valence-corrected chi connectivity index (χ3v) is 7.43. The van der Waals surface area contributed by atoms with Gasteiger partial charge in [-0.05, 0) is 50.7 Å². The van der Waals surface area contributed by atoms with Crippen molar-refractivity contribution in [3.05, 3.63) is 42.2 Å². The lowest BCUT2D eigenvalue weighted by molar-refractivity contribution is 0.0105. The van der Waals surface area contributed by atoms with Crippen molar-refractivity contribution >= 4 is 5.97 Å². The van der Waals surface area contributed by atoms with Gasteiger partial charge in [-0.3, -0.25) is 0 Å². The molecule has 6 heteroatoms. The Morgan fingerprint density at radius 1 is 0.946 bits per heavy atom. The van der Waals surface area contributed by atoms with Crippen LogP contribution in [-0.2, 0) is 4.74 Å². The van der Waals surface area contributed by atoms with Gasteiger partial charge < -0.3 is 9.47 Å². The van der Waals surface area contributed by atoms with E-state index in [1.165, 1.54) is 44.9 Å². The molecule has 0 aliphatic heterocycles. The van der Waals surface area contributed by atoms with E-state index < -0.39 is 0 Å². The summed E-state index contributed by atoms with van der Waals surface area (Å²) in [6.45, 7) is 5.08. The van der Waals surface area contributed by atoms with Gasteiger partial charge in [0.1, 0.15) is 6.10 Å². The van der Waals surface area contributed by atoms with Crippen molar-refractivity contribution in [3.8, 4) is 23.2 Å². The monoisotopic (exact) mass is 505 g/mol. The predicted molar refractivity (Wildman–Crippen MR) is 146 cm³/mol. The molecule has 1 aliphatic rings. The third kappa shape index (κ3) is 9.14. The molecule has 1 heterocycles. The van der Waals surface area contributed by atoms with E-state index in [0.29, 0.717) is 23.7 Å². The van der Waals surface area contributed by atoms with Gasteiger partial charge >= 0.3 is 5.97 Å². The van der Waals surface area contributed by atoms with E-state index in [4.69, 9.17) is 9.47 Å². The molecular weight excluding hydrogens is 462 g/mol. The highest BCUT2D eigenvalue weighted by molar-refractivity contribution is 5.90. The van der Waals surface area contributed by atoms with Gasteiger partial charge in [0.2, 0.25) is 0 Å². The van der Waals surface area contributed by atoms with Crippen molar-refractivity contribution in [2.24, 2.45) is 5.41 Å². The first kappa shape index (κ1) is 28.6. The highest BCUT2D eigenvalue weighted by Crippen LogP contribution is 2.41. The lowest BCUT2D eigenvalue weighted by Crippen LogP contribution is -2.31. The fourth-order valence-corrected chi connectivity index (χ4v) is 4.98. The maximum absolute atomic E-state index is 12.7. The van der Waals surface area contributed by atoms with Gasteiger partial charge in [0.25, 0.3) is 0 Å². The number of unbranched alkanes of at least 4 members (excludes halogenated alkanes) is 7. The second-order valence-electron chi connectivity index (χ2n) is 10.4. The molecular formula is C31H43N3O3. The lowest BCUT2D eigenvalue weighted by Gasteiger charge is -2.34. The van der Waals surface area contributed by atoms with Crippen LogP contribution in [0.5, 0.6) is 5.75 Å². The largest absolute Gasteiger partial charge is 0.490 e. The fourth-order valence-electron chi connectivity index (χ4n) is 4.98. The normalized spacial score (nSPS) is 19.2. The Morgan fingerprint density at radius 3 is 2.19 bits per heavy atom. The number of aromatic nitrogens is 2. The average Bonchev–Trinajstić information content (AvgIpc) is 2.94. The van der Waals surface area contributed by atoms with Crippen molar-refractivity contribution in [2.75, 3.05) is 6.61 Å². The molecule has 37 heavy (non-hydrogen) atoms. The van der Waals surface area contributed by atoms with Crippen LogP contribution >= 0.6 is 0 Å². The van der Waals surface area contributed by atoms with Crippen LogP contribution in [0.4, 0.5) is 0 Å². The van der Waals surface area contributed by atoms with Crippen LogP contribution in [0.3, 0.4) is 0 Å². The summed E-state index contributed by atoms with van der Waals surface area (Å²) in [4.78, 5) is 21.6. The Kier molecular flexibility index (Phi) is 11.9. The summed E-state index contributed by atoms with van der Waals surface area (Å²) in [5.41, 5.74) is 1.11. The van der Waals surface area contributed by atoms with Crippen LogP contribution in [0.25, 0.3) is 11.4 Å². The number of nitriles is 1. The Morgan fingerprint density at radius 2 is 1.57 bits per heavy atom. The first-order valence-electron chi connectivity index (χ1n) is 14.3. The summed E-state index contributed by atoms with van der Waals surface area (Å²) in [7, 11) is 0. The van der Waals surface area contributed by atoms with Gasteiger partial charge in [-0.25, -0.2) is 14.8 Å². The van der Waals surface area contributed by atoms with Crippen LogP contribution in [-0.4, -0.2) is 28.6 Å². The van der Waals surface area contributed by atoms with Gasteiger partial charge in [0.05, 0.1) is 36.0 Å². The SMILES string of the molecule is CCCCCCCC1(C#N)CCC(OC(=O)c2ccc(-c3ncc(OCCCCCC)cn3)cc2)CC1. The standard InChI is InChI=1S/C31H43N3O3/c1-3-5-7-9-10-18-31(24-32)19-16-27(17-20-31)37-30(35)26-14-12-25(13-15-26)29-33-22-28(23-34-29)36-21-11-8-6-4-2/h12-15,22-23,27H,3-11,16-21H2,1-2H3. The van der Waals surface area contributed by atoms with Crippen LogP contribution < -0.4 is 4.74 Å². The number of nitrogens with zero attached hydrogens (tertiary/aromatic N) is 3. The van der Waals surface area contributed by atoms with E-state index in [1.807, 2.05) is 12.1 Å². The molecule has 1 saturated carbocycles. The van der Waals surface area contributed by atoms with E-state index in [2.05, 4.69) is 29.9 Å². The summed E-state index contributed by atoms with van der Waals surface area (Å²) >= 11 is 0. The van der Waals surface area contributed by atoms with Crippen molar-refractivity contribution in [3.63, 3.8) is 0 Å². The van der Waals surface area contributed by atoms with Crippen molar-refractivity contribution in [1.29, 1.82) is 5.26 Å². The van der Waals surface area contributed by atoms with Crippen LogP contribution in [0.15, 0.2) is 36.7 Å². The minimum absolute atomic E-state index is 0.119. The second-order valence-corrected chi connectivity index (χ2v) is 10.4. The summed E-state index contributed by atoms with van der Waals surface area (Å²) in [5, 5.41) is 9.82. The Labute approximate surface area is 222 Å². The smallest absolute Gasteiger partial charge is 0.338 e. The molecule has 1 fully saturated rings. The Hall–Kier alpha value is -2.94. The number of carbonyl (C=O) groups excluding carboxylic acids is 1. The van der Waals surface area contributed by atoms with E-state index >= 15 is 0 Å². The van der Waals surface area contributed by atoms with Gasteiger partial charge in [-0.2, -0.15) is 5.26 Å². The van der Waals surface area contributed by atoms with Crippen molar-refractivity contribution < 1.29 is 14.3 Å². The maximum Gasteiger partial charge on any atom is 0.338 e. The van der Waals surface area contributed by atoms with E-state index in [-0.39, 0.29) is 17.5 Å². The molecule has 0 spiro atoms. The fraction of sp³-hybridized carbons (Fsp3) is 0.613. The molecule has 0 bridgehead atoms. The number of hydrogen-bond acceptors (Lipinski definition) is 6. The highest BCUT2D eigenvalue weighted by atomic mass is 16.5. The van der Waals surface area contributed by atoms with Gasteiger partial charge in [0, 0.05) is 5.56 Å². The Balaban J connectivity index is 1.44. The quantitative estimate of drug-likeness (QED) is 0.180. The molecule has 0 amide bonds. The van der Waals surface area contributed by atoms with Crippen molar-refractivity contribution in [2.45, 2.75) is 110 Å². The number of rotatable bonds is 15. The highest BCUT2D eigenvalue weighted by Gasteiger charge is 2.36. The number of esters is 1. The van der Waals surface area contributed by atoms with E-state index in [0.717, 1.165) is 50.5 Å². The average molecular weight is 506 g/mol. The molecule has 0 atom stereocenters. The van der Waals surface area contributed by atoms with Crippen LogP contribution in [0.1, 0.15) is 114 Å². The first-order valence-corrected chi connectivity index (χ1v) is 14.3. The third-order valence-electron chi connectivity index (χ3n) is 7.43. The zero-order valence-corrected chi connectivity index (χ0v) is 22.7. The van der Waals surface area contributed by atoms with Crippen LogP contribution in [0, 0.1) is 16.7 Å². The molecule has 0 radical (unpaired) electrons. The number of benzene rings is 1. The first-order chi connectivity index (χ1) is 18.1. The van der Waals surface area contributed by atoms with Crippen molar-refractivity contribution in [1.82, 2.24) is 9.97 Å². The minimum Gasteiger partial charge on any atom is -0.490 e. The molecule has 1 aromatic heterocycles. The number of ether oxygens (including phenoxy) is 2. The van der Waals surface area contributed by atoms with Gasteiger partial charge in [0.15, 0.2) is 11.6 Å². The maximum atomic E-state index is 12.7. The zero-order chi connectivity index (χ0) is 26.3. The molecule has 0 saturated heterocycles. The molecule has 1 aliphatic carbocycles. The number of carbonyl (C=O) groups is 1. The topological polar surface area (TPSA) is 85.1 Å². The van der Waals surface area contributed by atoms with E-state index in [9.17, 15) is 10.1 Å². The molecule has 1 aromatic carbocycles. The Bertz CT molecular complexity index is 974. The lowest BCUT2D eigenvalue weighted by atomic mass is 9.71. The summed E-state index contributed by atoms with van der Waals surface area (Å²) in [5.74, 6) is 0.950. The second kappa shape index (κ2) is 15.3. The molecule has 0 N–H and O–H groups in total. The molecule has 3 rings (SSSR count).